The molecule has 0 radical (unpaired) electrons. The summed E-state index contributed by atoms with van der Waals surface area (Å²) < 4.78 is 47.2. The average molecular weight is 272 g/mol. The molecular formula is C6H4BrF2NO2S. The van der Waals surface area contributed by atoms with Crippen LogP contribution in [0.15, 0.2) is 21.5 Å². The van der Waals surface area contributed by atoms with Crippen molar-refractivity contribution in [3.05, 3.63) is 28.2 Å². The normalized spacial score (nSPS) is 11.7. The summed E-state index contributed by atoms with van der Waals surface area (Å²) in [6, 6.07) is 1.64. The van der Waals surface area contributed by atoms with Gasteiger partial charge in [-0.25, -0.2) is 22.3 Å². The van der Waals surface area contributed by atoms with Crippen LogP contribution in [0.5, 0.6) is 0 Å². The Morgan fingerprint density at radius 2 is 1.62 bits per heavy atom. The van der Waals surface area contributed by atoms with Crippen molar-refractivity contribution in [3.63, 3.8) is 0 Å². The molecule has 1 rings (SSSR count). The average Bonchev–Trinajstić information content (AvgIpc) is 1.78. The molecule has 2 N–H and O–H groups in total. The highest BCUT2D eigenvalue weighted by molar-refractivity contribution is 9.10. The van der Waals surface area contributed by atoms with E-state index in [2.05, 4.69) is 21.1 Å². The second-order valence-electron chi connectivity index (χ2n) is 2.24. The van der Waals surface area contributed by atoms with Crippen LogP contribution in [-0.4, -0.2) is 8.42 Å². The van der Waals surface area contributed by atoms with Crippen molar-refractivity contribution in [1.29, 1.82) is 0 Å². The predicted octanol–water partition coefficient (Wildman–Crippen LogP) is 1.37. The molecule has 13 heavy (non-hydrogen) atoms. The van der Waals surface area contributed by atoms with E-state index in [-0.39, 0.29) is 4.47 Å². The van der Waals surface area contributed by atoms with Crippen molar-refractivity contribution in [3.8, 4) is 0 Å². The van der Waals surface area contributed by atoms with E-state index in [1.54, 1.807) is 0 Å². The zero-order chi connectivity index (χ0) is 10.2. The maximum absolute atomic E-state index is 12.9. The lowest BCUT2D eigenvalue weighted by Gasteiger charge is -2.02. The van der Waals surface area contributed by atoms with Gasteiger partial charge in [-0.3, -0.25) is 0 Å². The standard InChI is InChI=1S/C6H4BrF2NO2S/c7-3-1-4(8)6(5(9)2-3)13(10,11)12/h1-2H,(H2,10,11,12). The SMILES string of the molecule is NS(=O)(=O)c1c(F)cc(Br)cc1F. The smallest absolute Gasteiger partial charge is 0.224 e. The highest BCUT2D eigenvalue weighted by Crippen LogP contribution is 2.22. The summed E-state index contributed by atoms with van der Waals surface area (Å²) in [5.74, 6) is -2.43. The highest BCUT2D eigenvalue weighted by atomic mass is 79.9. The molecule has 0 atom stereocenters. The molecule has 1 aromatic carbocycles. The van der Waals surface area contributed by atoms with Crippen LogP contribution in [0.4, 0.5) is 8.78 Å². The maximum atomic E-state index is 12.9. The van der Waals surface area contributed by atoms with Gasteiger partial charge in [0.15, 0.2) is 4.90 Å². The van der Waals surface area contributed by atoms with E-state index in [4.69, 9.17) is 0 Å². The summed E-state index contributed by atoms with van der Waals surface area (Å²) in [5.41, 5.74) is 0. The Labute approximate surface area is 81.7 Å². The number of hydrogen-bond donors (Lipinski definition) is 1. The van der Waals surface area contributed by atoms with Crippen molar-refractivity contribution in [2.45, 2.75) is 4.90 Å². The van der Waals surface area contributed by atoms with Crippen molar-refractivity contribution in [2.75, 3.05) is 0 Å². The van der Waals surface area contributed by atoms with Crippen LogP contribution < -0.4 is 5.14 Å². The molecule has 0 amide bonds. The molecule has 0 aliphatic heterocycles. The number of nitrogens with two attached hydrogens (primary N) is 1. The van der Waals surface area contributed by atoms with Gasteiger partial charge in [0, 0.05) is 4.47 Å². The molecule has 0 saturated heterocycles. The lowest BCUT2D eigenvalue weighted by atomic mass is 10.3. The van der Waals surface area contributed by atoms with Gasteiger partial charge in [0.25, 0.3) is 0 Å². The molecule has 0 aliphatic rings. The minimum absolute atomic E-state index is 0.106. The molecule has 1 aromatic rings. The van der Waals surface area contributed by atoms with E-state index in [0.717, 1.165) is 12.1 Å². The van der Waals surface area contributed by atoms with Gasteiger partial charge in [0.05, 0.1) is 0 Å². The Hall–Kier alpha value is -0.530. The monoisotopic (exact) mass is 271 g/mol. The molecule has 72 valence electrons. The first-order valence-corrected chi connectivity index (χ1v) is 5.33. The Morgan fingerprint density at radius 3 is 1.92 bits per heavy atom. The van der Waals surface area contributed by atoms with Crippen molar-refractivity contribution in [2.24, 2.45) is 5.14 Å². The maximum Gasteiger partial charge on any atom is 0.243 e. The van der Waals surface area contributed by atoms with E-state index < -0.39 is 26.6 Å². The minimum Gasteiger partial charge on any atom is -0.224 e. The van der Waals surface area contributed by atoms with E-state index >= 15 is 0 Å². The Bertz CT molecular complexity index is 423. The topological polar surface area (TPSA) is 60.2 Å². The highest BCUT2D eigenvalue weighted by Gasteiger charge is 2.20. The largest absolute Gasteiger partial charge is 0.243 e. The molecule has 0 aliphatic carbocycles. The van der Waals surface area contributed by atoms with E-state index in [9.17, 15) is 17.2 Å². The number of sulfonamides is 1. The zero-order valence-electron chi connectivity index (χ0n) is 6.09. The molecule has 0 heterocycles. The molecule has 0 unspecified atom stereocenters. The van der Waals surface area contributed by atoms with Crippen molar-refractivity contribution in [1.82, 2.24) is 0 Å². The predicted molar refractivity (Wildman–Crippen MR) is 45.4 cm³/mol. The van der Waals surface area contributed by atoms with Gasteiger partial charge in [-0.1, -0.05) is 15.9 Å². The van der Waals surface area contributed by atoms with Gasteiger partial charge in [-0.05, 0) is 12.1 Å². The van der Waals surface area contributed by atoms with E-state index in [0.29, 0.717) is 0 Å². The van der Waals surface area contributed by atoms with Gasteiger partial charge < -0.3 is 0 Å². The first-order chi connectivity index (χ1) is 5.82. The van der Waals surface area contributed by atoms with Crippen LogP contribution >= 0.6 is 15.9 Å². The number of hydrogen-bond acceptors (Lipinski definition) is 2. The summed E-state index contributed by atoms with van der Waals surface area (Å²) in [6.07, 6.45) is 0. The first-order valence-electron chi connectivity index (χ1n) is 2.99. The lowest BCUT2D eigenvalue weighted by Crippen LogP contribution is -2.16. The molecule has 0 aromatic heterocycles. The Morgan fingerprint density at radius 1 is 1.23 bits per heavy atom. The van der Waals surface area contributed by atoms with Crippen LogP contribution in [0.3, 0.4) is 0 Å². The molecular weight excluding hydrogens is 268 g/mol. The van der Waals surface area contributed by atoms with Gasteiger partial charge in [0.1, 0.15) is 11.6 Å². The fraction of sp³-hybridized carbons (Fsp3) is 0. The summed E-state index contributed by atoms with van der Waals surface area (Å²) in [5, 5.41) is 4.59. The van der Waals surface area contributed by atoms with Crippen LogP contribution in [-0.2, 0) is 10.0 Å². The minimum atomic E-state index is -4.35. The van der Waals surface area contributed by atoms with Crippen LogP contribution in [0.1, 0.15) is 0 Å². The Balaban J connectivity index is 3.57. The summed E-state index contributed by atoms with van der Waals surface area (Å²) in [4.78, 5) is -1.12. The third-order valence-electron chi connectivity index (χ3n) is 1.25. The lowest BCUT2D eigenvalue weighted by molar-refractivity contribution is 0.518. The van der Waals surface area contributed by atoms with Crippen LogP contribution in [0.2, 0.25) is 0 Å². The van der Waals surface area contributed by atoms with Crippen molar-refractivity contribution >= 4 is 26.0 Å². The molecule has 3 nitrogen and oxygen atoms in total. The van der Waals surface area contributed by atoms with Gasteiger partial charge in [0.2, 0.25) is 10.0 Å². The molecule has 7 heteroatoms. The molecule has 0 spiro atoms. The summed E-state index contributed by atoms with van der Waals surface area (Å²) in [7, 11) is -4.35. The van der Waals surface area contributed by atoms with Crippen molar-refractivity contribution < 1.29 is 17.2 Å². The zero-order valence-corrected chi connectivity index (χ0v) is 8.49. The van der Waals surface area contributed by atoms with E-state index in [1.807, 2.05) is 0 Å². The van der Waals surface area contributed by atoms with Crippen LogP contribution in [0, 0.1) is 11.6 Å². The number of rotatable bonds is 1. The first kappa shape index (κ1) is 10.6. The summed E-state index contributed by atoms with van der Waals surface area (Å²) >= 11 is 2.80. The third kappa shape index (κ3) is 2.23. The van der Waals surface area contributed by atoms with Gasteiger partial charge in [-0.15, -0.1) is 0 Å². The molecule has 0 bridgehead atoms. The van der Waals surface area contributed by atoms with E-state index in [1.165, 1.54) is 0 Å². The fourth-order valence-electron chi connectivity index (χ4n) is 0.801. The fourth-order valence-corrected chi connectivity index (χ4v) is 1.86. The van der Waals surface area contributed by atoms with Gasteiger partial charge in [-0.2, -0.15) is 0 Å². The third-order valence-corrected chi connectivity index (χ3v) is 2.66. The van der Waals surface area contributed by atoms with Crippen LogP contribution in [0.25, 0.3) is 0 Å². The van der Waals surface area contributed by atoms with Gasteiger partial charge >= 0.3 is 0 Å². The number of halogens is 3. The number of benzene rings is 1. The molecule has 0 fully saturated rings. The molecule has 0 saturated carbocycles. The summed E-state index contributed by atoms with van der Waals surface area (Å²) in [6.45, 7) is 0. The quantitative estimate of drug-likeness (QED) is 0.839. The Kier molecular flexibility index (Phi) is 2.69. The number of primary sulfonamides is 1. The second kappa shape index (κ2) is 3.32. The second-order valence-corrected chi connectivity index (χ2v) is 4.66.